The second-order valence-corrected chi connectivity index (χ2v) is 4.31. The lowest BCUT2D eigenvalue weighted by molar-refractivity contribution is -0.146. The van der Waals surface area contributed by atoms with Crippen molar-refractivity contribution in [3.05, 3.63) is 0 Å². The van der Waals surface area contributed by atoms with Crippen LogP contribution in [0.2, 0.25) is 0 Å². The van der Waals surface area contributed by atoms with Crippen LogP contribution < -0.4 is 5.73 Å². The summed E-state index contributed by atoms with van der Waals surface area (Å²) in [5, 5.41) is 9.72. The maximum absolute atomic E-state index is 11.3. The van der Waals surface area contributed by atoms with Gasteiger partial charge in [0.2, 0.25) is 0 Å². The quantitative estimate of drug-likeness (QED) is 0.490. The Morgan fingerprint density at radius 2 is 2.06 bits per heavy atom. The molecule has 0 aromatic heterocycles. The van der Waals surface area contributed by atoms with E-state index in [4.69, 9.17) is 10.5 Å². The number of carbonyl (C=O) groups excluding carboxylic acids is 1. The first-order valence-corrected chi connectivity index (χ1v) is 6.12. The van der Waals surface area contributed by atoms with E-state index in [9.17, 15) is 9.90 Å². The number of nitrogens with two attached hydrogens (primary N) is 1. The van der Waals surface area contributed by atoms with Crippen molar-refractivity contribution < 1.29 is 14.6 Å². The summed E-state index contributed by atoms with van der Waals surface area (Å²) in [4.78, 5) is 11.3. The van der Waals surface area contributed by atoms with E-state index in [0.717, 1.165) is 19.3 Å². The molecule has 0 aromatic carbocycles. The highest BCUT2D eigenvalue weighted by Crippen LogP contribution is 2.11. The van der Waals surface area contributed by atoms with Gasteiger partial charge in [0, 0.05) is 6.04 Å². The first kappa shape index (κ1) is 15.4. The number of esters is 1. The number of carbonyl (C=O) groups is 1. The molecule has 3 atom stereocenters. The molecule has 0 saturated carbocycles. The van der Waals surface area contributed by atoms with E-state index in [-0.39, 0.29) is 24.3 Å². The molecule has 3 N–H and O–H groups in total. The van der Waals surface area contributed by atoms with Crippen LogP contribution >= 0.6 is 0 Å². The van der Waals surface area contributed by atoms with Crippen LogP contribution in [0, 0.1) is 5.92 Å². The summed E-state index contributed by atoms with van der Waals surface area (Å²) in [5.41, 5.74) is 5.82. The SMILES string of the molecule is CCCCOC(=O)C[C@H](O)[C@H](N)[C@@H](C)CC. The van der Waals surface area contributed by atoms with Gasteiger partial charge in [-0.05, 0) is 12.3 Å². The van der Waals surface area contributed by atoms with Crippen molar-refractivity contribution in [2.45, 2.75) is 58.6 Å². The highest BCUT2D eigenvalue weighted by molar-refractivity contribution is 5.70. The predicted octanol–water partition coefficient (Wildman–Crippen LogP) is 1.45. The maximum Gasteiger partial charge on any atom is 0.308 e. The number of hydrogen-bond donors (Lipinski definition) is 2. The Bertz CT molecular complexity index is 197. The van der Waals surface area contributed by atoms with Gasteiger partial charge in [-0.25, -0.2) is 0 Å². The fourth-order valence-electron chi connectivity index (χ4n) is 1.35. The van der Waals surface area contributed by atoms with Gasteiger partial charge in [-0.15, -0.1) is 0 Å². The van der Waals surface area contributed by atoms with E-state index in [1.807, 2.05) is 20.8 Å². The molecule has 0 aliphatic rings. The third kappa shape index (κ3) is 6.08. The summed E-state index contributed by atoms with van der Waals surface area (Å²) in [6, 6.07) is -0.358. The van der Waals surface area contributed by atoms with Crippen molar-refractivity contribution in [1.29, 1.82) is 0 Å². The van der Waals surface area contributed by atoms with Crippen molar-refractivity contribution >= 4 is 5.97 Å². The van der Waals surface area contributed by atoms with E-state index >= 15 is 0 Å². The Balaban J connectivity index is 3.84. The van der Waals surface area contributed by atoms with E-state index < -0.39 is 6.10 Å². The Kier molecular flexibility index (Phi) is 8.21. The molecule has 0 bridgehead atoms. The minimum atomic E-state index is -0.802. The summed E-state index contributed by atoms with van der Waals surface area (Å²) in [6.45, 7) is 6.44. The van der Waals surface area contributed by atoms with E-state index in [0.29, 0.717) is 6.61 Å². The van der Waals surface area contributed by atoms with Crippen LogP contribution in [0.3, 0.4) is 0 Å². The third-order valence-corrected chi connectivity index (χ3v) is 2.88. The number of rotatable bonds is 8. The van der Waals surface area contributed by atoms with Gasteiger partial charge < -0.3 is 15.6 Å². The van der Waals surface area contributed by atoms with Crippen LogP contribution in [-0.4, -0.2) is 29.8 Å². The molecular weight excluding hydrogens is 206 g/mol. The van der Waals surface area contributed by atoms with Crippen LogP contribution in [-0.2, 0) is 9.53 Å². The van der Waals surface area contributed by atoms with Crippen LogP contribution in [0.15, 0.2) is 0 Å². The van der Waals surface area contributed by atoms with Gasteiger partial charge in [-0.1, -0.05) is 33.6 Å². The number of ether oxygens (including phenoxy) is 1. The van der Waals surface area contributed by atoms with Crippen LogP contribution in [0.4, 0.5) is 0 Å². The lowest BCUT2D eigenvalue weighted by Crippen LogP contribution is -2.41. The van der Waals surface area contributed by atoms with Crippen molar-refractivity contribution in [3.8, 4) is 0 Å². The van der Waals surface area contributed by atoms with Crippen LogP contribution in [0.1, 0.15) is 46.5 Å². The molecule has 0 fully saturated rings. The fraction of sp³-hybridized carbons (Fsp3) is 0.917. The summed E-state index contributed by atoms with van der Waals surface area (Å²) >= 11 is 0. The summed E-state index contributed by atoms with van der Waals surface area (Å²) < 4.78 is 4.96. The maximum atomic E-state index is 11.3. The van der Waals surface area contributed by atoms with Gasteiger partial charge in [0.25, 0.3) is 0 Å². The molecule has 0 saturated heterocycles. The lowest BCUT2D eigenvalue weighted by Gasteiger charge is -2.23. The normalized spacial score (nSPS) is 16.6. The van der Waals surface area contributed by atoms with Gasteiger partial charge in [0.15, 0.2) is 0 Å². The number of hydrogen-bond acceptors (Lipinski definition) is 4. The third-order valence-electron chi connectivity index (χ3n) is 2.88. The lowest BCUT2D eigenvalue weighted by atomic mass is 9.94. The molecule has 4 heteroatoms. The number of unbranched alkanes of at least 4 members (excludes halogenated alkanes) is 1. The molecule has 16 heavy (non-hydrogen) atoms. The molecular formula is C12H25NO3. The van der Waals surface area contributed by atoms with Gasteiger partial charge in [0.1, 0.15) is 0 Å². The van der Waals surface area contributed by atoms with Crippen molar-refractivity contribution in [2.75, 3.05) is 6.61 Å². The monoisotopic (exact) mass is 231 g/mol. The fourth-order valence-corrected chi connectivity index (χ4v) is 1.35. The zero-order chi connectivity index (χ0) is 12.6. The zero-order valence-corrected chi connectivity index (χ0v) is 10.6. The molecule has 0 rings (SSSR count). The van der Waals surface area contributed by atoms with Crippen LogP contribution in [0.25, 0.3) is 0 Å². The van der Waals surface area contributed by atoms with E-state index in [1.54, 1.807) is 0 Å². The Labute approximate surface area is 98.2 Å². The van der Waals surface area contributed by atoms with Gasteiger partial charge >= 0.3 is 5.97 Å². The average molecular weight is 231 g/mol. The van der Waals surface area contributed by atoms with E-state index in [2.05, 4.69) is 0 Å². The largest absolute Gasteiger partial charge is 0.466 e. The first-order chi connectivity index (χ1) is 7.52. The highest BCUT2D eigenvalue weighted by atomic mass is 16.5. The summed E-state index contributed by atoms with van der Waals surface area (Å²) in [5.74, 6) is -0.154. The molecule has 0 heterocycles. The molecule has 0 radical (unpaired) electrons. The van der Waals surface area contributed by atoms with Gasteiger partial charge in [-0.2, -0.15) is 0 Å². The standard InChI is InChI=1S/C12H25NO3/c1-4-6-7-16-11(15)8-10(14)12(13)9(3)5-2/h9-10,12,14H,4-8,13H2,1-3H3/t9-,10-,12+/m0/s1. The van der Waals surface area contributed by atoms with Crippen molar-refractivity contribution in [3.63, 3.8) is 0 Å². The molecule has 0 amide bonds. The molecule has 4 nitrogen and oxygen atoms in total. The Hall–Kier alpha value is -0.610. The average Bonchev–Trinajstić information content (AvgIpc) is 2.27. The van der Waals surface area contributed by atoms with Gasteiger partial charge in [0.05, 0.1) is 19.1 Å². The Morgan fingerprint density at radius 1 is 1.44 bits per heavy atom. The molecule has 0 aromatic rings. The number of aliphatic hydroxyl groups is 1. The molecule has 0 aliphatic carbocycles. The molecule has 0 aliphatic heterocycles. The predicted molar refractivity (Wildman–Crippen MR) is 63.9 cm³/mol. The highest BCUT2D eigenvalue weighted by Gasteiger charge is 2.23. The molecule has 96 valence electrons. The van der Waals surface area contributed by atoms with Crippen molar-refractivity contribution in [2.24, 2.45) is 11.7 Å². The zero-order valence-electron chi connectivity index (χ0n) is 10.6. The Morgan fingerprint density at radius 3 is 2.56 bits per heavy atom. The first-order valence-electron chi connectivity index (χ1n) is 6.12. The van der Waals surface area contributed by atoms with E-state index in [1.165, 1.54) is 0 Å². The second kappa shape index (κ2) is 8.53. The summed E-state index contributed by atoms with van der Waals surface area (Å²) in [7, 11) is 0. The van der Waals surface area contributed by atoms with Crippen LogP contribution in [0.5, 0.6) is 0 Å². The smallest absolute Gasteiger partial charge is 0.308 e. The molecule has 0 unspecified atom stereocenters. The second-order valence-electron chi connectivity index (χ2n) is 4.31. The van der Waals surface area contributed by atoms with Gasteiger partial charge in [-0.3, -0.25) is 4.79 Å². The number of aliphatic hydroxyl groups excluding tert-OH is 1. The summed E-state index contributed by atoms with van der Waals surface area (Å²) in [6.07, 6.45) is 1.93. The van der Waals surface area contributed by atoms with Crippen molar-refractivity contribution in [1.82, 2.24) is 0 Å². The minimum absolute atomic E-state index is 0.00474. The molecule has 0 spiro atoms. The topological polar surface area (TPSA) is 72.5 Å². The minimum Gasteiger partial charge on any atom is -0.466 e.